The van der Waals surface area contributed by atoms with Gasteiger partial charge in [0.15, 0.2) is 0 Å². The molecule has 1 aromatic carbocycles. The highest BCUT2D eigenvalue weighted by Gasteiger charge is 2.62. The van der Waals surface area contributed by atoms with Gasteiger partial charge in [-0.1, -0.05) is 43.7 Å². The van der Waals surface area contributed by atoms with Crippen LogP contribution in [0.1, 0.15) is 57.9 Å². The third-order valence-electron chi connectivity index (χ3n) is 8.53. The molecule has 2 saturated carbocycles. The van der Waals surface area contributed by atoms with E-state index < -0.39 is 5.41 Å². The van der Waals surface area contributed by atoms with Gasteiger partial charge in [-0.3, -0.25) is 14.4 Å². The molecule has 158 valence electrons. The Hall–Kier alpha value is -1.94. The minimum absolute atomic E-state index is 0.0951. The predicted molar refractivity (Wildman–Crippen MR) is 114 cm³/mol. The first-order valence-corrected chi connectivity index (χ1v) is 11.4. The molecule has 0 bridgehead atoms. The Morgan fingerprint density at radius 2 is 1.80 bits per heavy atom. The lowest BCUT2D eigenvalue weighted by atomic mass is 9.49. The summed E-state index contributed by atoms with van der Waals surface area (Å²) in [5.41, 5.74) is 1.22. The number of hydrogen-bond donors (Lipinski definition) is 0. The maximum Gasteiger partial charge on any atom is 0.227 e. The SMILES string of the molecule is CC12CCC(=O)N(Cc3ccc(Cl)cc3)C1=CCC1C2C(=O)C[C@]2(C)C(=O)CC[C@@H]12. The molecule has 1 aliphatic heterocycles. The van der Waals surface area contributed by atoms with Crippen LogP contribution in [0.15, 0.2) is 36.0 Å². The van der Waals surface area contributed by atoms with Crippen LogP contribution < -0.4 is 0 Å². The average molecular weight is 426 g/mol. The predicted octanol–water partition coefficient (Wildman–Crippen LogP) is 4.95. The molecule has 5 rings (SSSR count). The van der Waals surface area contributed by atoms with E-state index >= 15 is 0 Å². The second kappa shape index (κ2) is 6.78. The van der Waals surface area contributed by atoms with E-state index in [9.17, 15) is 14.4 Å². The molecule has 1 amide bonds. The molecule has 1 saturated heterocycles. The van der Waals surface area contributed by atoms with Crippen LogP contribution in [0.5, 0.6) is 0 Å². The van der Waals surface area contributed by atoms with Crippen LogP contribution in [0.25, 0.3) is 0 Å². The molecule has 1 heterocycles. The number of likely N-dealkylation sites (tertiary alicyclic amines) is 1. The molecule has 3 unspecified atom stereocenters. The number of allylic oxidation sites excluding steroid dienone is 2. The van der Waals surface area contributed by atoms with Crippen LogP contribution in [-0.4, -0.2) is 22.4 Å². The molecule has 3 aliphatic carbocycles. The fraction of sp³-hybridized carbons (Fsp3) is 0.560. The molecule has 3 fully saturated rings. The Kier molecular flexibility index (Phi) is 4.52. The van der Waals surface area contributed by atoms with Gasteiger partial charge in [-0.15, -0.1) is 0 Å². The highest BCUT2D eigenvalue weighted by Crippen LogP contribution is 2.62. The van der Waals surface area contributed by atoms with Crippen LogP contribution in [0.4, 0.5) is 0 Å². The number of nitrogens with zero attached hydrogens (tertiary/aromatic N) is 1. The molecule has 0 radical (unpaired) electrons. The molecular formula is C25H28ClNO3. The summed E-state index contributed by atoms with van der Waals surface area (Å²) < 4.78 is 0. The monoisotopic (exact) mass is 425 g/mol. The first-order valence-electron chi connectivity index (χ1n) is 11.1. The van der Waals surface area contributed by atoms with Crippen LogP contribution in [0, 0.1) is 28.6 Å². The standard InChI is InChI=1S/C25H28ClNO3/c1-24-12-11-22(30)27(14-15-3-5-16(26)6-4-15)20(24)9-7-17-18-8-10-21(29)25(18,2)13-19(28)23(17)24/h3-6,9,17-18,23H,7-8,10-14H2,1-2H3/t17?,18-,23?,24?,25-/m0/s1. The van der Waals surface area contributed by atoms with Gasteiger partial charge >= 0.3 is 0 Å². The number of rotatable bonds is 2. The van der Waals surface area contributed by atoms with E-state index in [1.165, 1.54) is 0 Å². The maximum atomic E-state index is 13.5. The van der Waals surface area contributed by atoms with E-state index in [2.05, 4.69) is 13.0 Å². The largest absolute Gasteiger partial charge is 0.312 e. The van der Waals surface area contributed by atoms with Crippen molar-refractivity contribution in [2.24, 2.45) is 28.6 Å². The van der Waals surface area contributed by atoms with Crippen LogP contribution in [-0.2, 0) is 20.9 Å². The summed E-state index contributed by atoms with van der Waals surface area (Å²) in [5, 5.41) is 0.676. The lowest BCUT2D eigenvalue weighted by Crippen LogP contribution is -2.57. The van der Waals surface area contributed by atoms with Crippen molar-refractivity contribution in [2.45, 2.75) is 58.9 Å². The Morgan fingerprint density at radius 1 is 1.07 bits per heavy atom. The number of ketones is 2. The van der Waals surface area contributed by atoms with Crippen molar-refractivity contribution in [1.82, 2.24) is 4.90 Å². The summed E-state index contributed by atoms with van der Waals surface area (Å²) in [6, 6.07) is 7.60. The zero-order valence-electron chi connectivity index (χ0n) is 17.6. The van der Waals surface area contributed by atoms with Gasteiger partial charge in [0.2, 0.25) is 5.91 Å². The quantitative estimate of drug-likeness (QED) is 0.673. The van der Waals surface area contributed by atoms with Crippen molar-refractivity contribution in [2.75, 3.05) is 0 Å². The Balaban J connectivity index is 1.52. The van der Waals surface area contributed by atoms with Gasteiger partial charge in [0.1, 0.15) is 11.6 Å². The normalized spacial score (nSPS) is 38.1. The summed E-state index contributed by atoms with van der Waals surface area (Å²) in [4.78, 5) is 40.9. The lowest BCUT2D eigenvalue weighted by Gasteiger charge is -2.56. The third kappa shape index (κ3) is 2.76. The lowest BCUT2D eigenvalue weighted by molar-refractivity contribution is -0.152. The smallest absolute Gasteiger partial charge is 0.227 e. The number of piperidine rings is 1. The Bertz CT molecular complexity index is 967. The van der Waals surface area contributed by atoms with E-state index in [1.807, 2.05) is 36.1 Å². The number of fused-ring (bicyclic) bond motifs is 5. The average Bonchev–Trinajstić information content (AvgIpc) is 3.00. The summed E-state index contributed by atoms with van der Waals surface area (Å²) in [5.74, 6) is 1.01. The van der Waals surface area contributed by atoms with Crippen LogP contribution >= 0.6 is 11.6 Å². The van der Waals surface area contributed by atoms with Gasteiger partial charge in [-0.05, 0) is 48.8 Å². The molecule has 5 atom stereocenters. The van der Waals surface area contributed by atoms with Gasteiger partial charge in [0.05, 0.1) is 6.54 Å². The van der Waals surface area contributed by atoms with E-state index in [1.54, 1.807) is 0 Å². The summed E-state index contributed by atoms with van der Waals surface area (Å²) in [6.07, 6.45) is 6.02. The number of carbonyl (C=O) groups excluding carboxylic acids is 3. The van der Waals surface area contributed by atoms with Gasteiger partial charge < -0.3 is 4.90 Å². The Labute approximate surface area is 182 Å². The van der Waals surface area contributed by atoms with Crippen molar-refractivity contribution < 1.29 is 14.4 Å². The number of hydrogen-bond acceptors (Lipinski definition) is 3. The Morgan fingerprint density at radius 3 is 2.53 bits per heavy atom. The van der Waals surface area contributed by atoms with Crippen molar-refractivity contribution in [3.8, 4) is 0 Å². The highest BCUT2D eigenvalue weighted by molar-refractivity contribution is 6.30. The van der Waals surface area contributed by atoms with E-state index in [4.69, 9.17) is 11.6 Å². The molecular weight excluding hydrogens is 398 g/mol. The summed E-state index contributed by atoms with van der Waals surface area (Å²) in [6.45, 7) is 4.69. The number of Topliss-reactive ketones (excluding diaryl/α,β-unsaturated/α-hetero) is 2. The molecule has 4 nitrogen and oxygen atoms in total. The number of amides is 1. The van der Waals surface area contributed by atoms with Gasteiger partial charge in [-0.25, -0.2) is 0 Å². The van der Waals surface area contributed by atoms with Crippen molar-refractivity contribution >= 4 is 29.1 Å². The van der Waals surface area contributed by atoms with Crippen molar-refractivity contribution in [3.05, 3.63) is 46.6 Å². The molecule has 0 N–H and O–H groups in total. The minimum Gasteiger partial charge on any atom is -0.312 e. The first-order chi connectivity index (χ1) is 14.2. The number of carbonyl (C=O) groups is 3. The molecule has 0 spiro atoms. The van der Waals surface area contributed by atoms with E-state index in [0.717, 1.165) is 24.1 Å². The fourth-order valence-electron chi connectivity index (χ4n) is 7.01. The van der Waals surface area contributed by atoms with Crippen LogP contribution in [0.2, 0.25) is 5.02 Å². The van der Waals surface area contributed by atoms with E-state index in [-0.39, 0.29) is 40.6 Å². The molecule has 30 heavy (non-hydrogen) atoms. The maximum absolute atomic E-state index is 13.5. The second-order valence-corrected chi connectivity index (χ2v) is 10.6. The summed E-state index contributed by atoms with van der Waals surface area (Å²) in [7, 11) is 0. The van der Waals surface area contributed by atoms with Crippen molar-refractivity contribution in [3.63, 3.8) is 0 Å². The van der Waals surface area contributed by atoms with Gasteiger partial charge in [0.25, 0.3) is 0 Å². The molecule has 5 heteroatoms. The first kappa shape index (κ1) is 20.0. The van der Waals surface area contributed by atoms with Crippen LogP contribution in [0.3, 0.4) is 0 Å². The molecule has 1 aromatic rings. The summed E-state index contributed by atoms with van der Waals surface area (Å²) >= 11 is 6.02. The number of halogens is 1. The van der Waals surface area contributed by atoms with E-state index in [0.29, 0.717) is 37.3 Å². The second-order valence-electron chi connectivity index (χ2n) is 10.1. The zero-order chi connectivity index (χ0) is 21.3. The highest BCUT2D eigenvalue weighted by atomic mass is 35.5. The zero-order valence-corrected chi connectivity index (χ0v) is 18.4. The molecule has 0 aromatic heterocycles. The van der Waals surface area contributed by atoms with Gasteiger partial charge in [-0.2, -0.15) is 0 Å². The van der Waals surface area contributed by atoms with Crippen molar-refractivity contribution in [1.29, 1.82) is 0 Å². The fourth-order valence-corrected chi connectivity index (χ4v) is 7.13. The third-order valence-corrected chi connectivity index (χ3v) is 8.78. The topological polar surface area (TPSA) is 54.5 Å². The minimum atomic E-state index is -0.479. The van der Waals surface area contributed by atoms with Gasteiger partial charge in [0, 0.05) is 46.7 Å². The number of benzene rings is 1. The molecule has 4 aliphatic rings.